The van der Waals surface area contributed by atoms with Gasteiger partial charge in [0.15, 0.2) is 16.7 Å². The fraction of sp³-hybridized carbons (Fsp3) is 0.333. The summed E-state index contributed by atoms with van der Waals surface area (Å²) in [4.78, 5) is 6.73. The summed E-state index contributed by atoms with van der Waals surface area (Å²) < 4.78 is 31.6. The van der Waals surface area contributed by atoms with E-state index in [0.717, 1.165) is 43.6 Å². The molecule has 3 aromatic heterocycles. The molecule has 1 aliphatic rings. The summed E-state index contributed by atoms with van der Waals surface area (Å²) >= 11 is 1.46. The Labute approximate surface area is 187 Å². The molecular weight excluding hydrogens is 435 g/mol. The van der Waals surface area contributed by atoms with Crippen LogP contribution in [-0.2, 0) is 17.0 Å². The Morgan fingerprint density at radius 2 is 1.88 bits per heavy atom. The molecule has 1 fully saturated rings. The summed E-state index contributed by atoms with van der Waals surface area (Å²) in [6.07, 6.45) is 1.56. The molecule has 166 valence electrons. The second-order valence-electron chi connectivity index (χ2n) is 7.20. The van der Waals surface area contributed by atoms with Crippen molar-refractivity contribution in [3.8, 4) is 23.0 Å². The van der Waals surface area contributed by atoms with Crippen LogP contribution in [0.15, 0.2) is 56.8 Å². The van der Waals surface area contributed by atoms with E-state index in [2.05, 4.69) is 29.8 Å². The second-order valence-corrected chi connectivity index (χ2v) is 8.14. The zero-order valence-electron chi connectivity index (χ0n) is 17.2. The molecule has 11 heteroatoms. The first kappa shape index (κ1) is 20.9. The highest BCUT2D eigenvalue weighted by molar-refractivity contribution is 7.98. The van der Waals surface area contributed by atoms with Crippen LogP contribution in [0.2, 0.25) is 0 Å². The van der Waals surface area contributed by atoms with Crippen molar-refractivity contribution in [1.82, 2.24) is 29.8 Å². The summed E-state index contributed by atoms with van der Waals surface area (Å²) in [5, 5.41) is 13.5. The number of furan rings is 1. The van der Waals surface area contributed by atoms with Crippen LogP contribution in [-0.4, -0.2) is 62.7 Å². The van der Waals surface area contributed by atoms with Gasteiger partial charge in [0.2, 0.25) is 11.7 Å². The molecule has 0 bridgehead atoms. The van der Waals surface area contributed by atoms with Gasteiger partial charge in [0.1, 0.15) is 5.82 Å². The normalized spacial score (nSPS) is 14.8. The lowest BCUT2D eigenvalue weighted by Gasteiger charge is -2.27. The number of benzene rings is 1. The van der Waals surface area contributed by atoms with Crippen LogP contribution in [0.1, 0.15) is 5.89 Å². The number of hydrogen-bond acceptors (Lipinski definition) is 9. The molecule has 0 N–H and O–H groups in total. The maximum absolute atomic E-state index is 13.4. The first-order valence-corrected chi connectivity index (χ1v) is 11.2. The van der Waals surface area contributed by atoms with Gasteiger partial charge in [-0.1, -0.05) is 16.9 Å². The average Bonchev–Trinajstić information content (AvgIpc) is 3.58. The van der Waals surface area contributed by atoms with E-state index in [9.17, 15) is 4.39 Å². The van der Waals surface area contributed by atoms with Gasteiger partial charge in [0.05, 0.1) is 25.2 Å². The maximum Gasteiger partial charge on any atom is 0.238 e. The van der Waals surface area contributed by atoms with Crippen molar-refractivity contribution in [2.24, 2.45) is 0 Å². The Morgan fingerprint density at radius 1 is 1.03 bits per heavy atom. The van der Waals surface area contributed by atoms with Crippen LogP contribution in [0.3, 0.4) is 0 Å². The molecule has 1 aromatic carbocycles. The highest BCUT2D eigenvalue weighted by atomic mass is 32.2. The van der Waals surface area contributed by atoms with Gasteiger partial charge in [0, 0.05) is 31.7 Å². The molecule has 1 saturated heterocycles. The zero-order valence-corrected chi connectivity index (χ0v) is 18.0. The third-order valence-electron chi connectivity index (χ3n) is 5.10. The highest BCUT2D eigenvalue weighted by Gasteiger charge is 2.19. The van der Waals surface area contributed by atoms with Crippen molar-refractivity contribution in [2.75, 3.05) is 32.8 Å². The van der Waals surface area contributed by atoms with Crippen molar-refractivity contribution < 1.29 is 18.1 Å². The standard InChI is InChI=1S/C21H21FN6O3S/c22-16-5-3-15(4-6-16)20-24-25-21(28(20)8-7-27-9-12-29-13-10-27)32-14-18-23-19(26-31-18)17-2-1-11-30-17/h1-6,11H,7-10,12-14H2. The van der Waals surface area contributed by atoms with Crippen LogP contribution in [0.5, 0.6) is 0 Å². The molecule has 5 rings (SSSR count). The SMILES string of the molecule is Fc1ccc(-c2nnc(SCc3nc(-c4ccco4)no3)n2CCN2CCOCC2)cc1. The van der Waals surface area contributed by atoms with E-state index in [1.54, 1.807) is 30.5 Å². The Morgan fingerprint density at radius 3 is 2.66 bits per heavy atom. The predicted octanol–water partition coefficient (Wildman–Crippen LogP) is 3.35. The molecule has 9 nitrogen and oxygen atoms in total. The molecule has 1 aliphatic heterocycles. The van der Waals surface area contributed by atoms with Gasteiger partial charge in [-0.25, -0.2) is 4.39 Å². The van der Waals surface area contributed by atoms with Gasteiger partial charge in [-0.05, 0) is 36.4 Å². The summed E-state index contributed by atoms with van der Waals surface area (Å²) in [6.45, 7) is 4.81. The average molecular weight is 457 g/mol. The third kappa shape index (κ3) is 4.74. The van der Waals surface area contributed by atoms with Crippen molar-refractivity contribution >= 4 is 11.8 Å². The van der Waals surface area contributed by atoms with Gasteiger partial charge >= 0.3 is 0 Å². The smallest absolute Gasteiger partial charge is 0.238 e. The Bertz CT molecular complexity index is 1140. The Kier molecular flexibility index (Phi) is 6.28. The van der Waals surface area contributed by atoms with Crippen molar-refractivity contribution in [2.45, 2.75) is 17.5 Å². The van der Waals surface area contributed by atoms with E-state index in [-0.39, 0.29) is 5.82 Å². The number of hydrogen-bond donors (Lipinski definition) is 0. The van der Waals surface area contributed by atoms with Gasteiger partial charge < -0.3 is 18.2 Å². The lowest BCUT2D eigenvalue weighted by molar-refractivity contribution is 0.0361. The number of aromatic nitrogens is 5. The molecule has 0 aliphatic carbocycles. The Hall–Kier alpha value is -3.02. The van der Waals surface area contributed by atoms with E-state index in [4.69, 9.17) is 13.7 Å². The van der Waals surface area contributed by atoms with E-state index in [1.807, 2.05) is 0 Å². The van der Waals surface area contributed by atoms with Crippen molar-refractivity contribution in [1.29, 1.82) is 0 Å². The summed E-state index contributed by atoms with van der Waals surface area (Å²) in [7, 11) is 0. The molecular formula is C21H21FN6O3S. The third-order valence-corrected chi connectivity index (χ3v) is 6.05. The summed E-state index contributed by atoms with van der Waals surface area (Å²) in [6, 6.07) is 9.84. The highest BCUT2D eigenvalue weighted by Crippen LogP contribution is 2.27. The largest absolute Gasteiger partial charge is 0.461 e. The number of thioether (sulfide) groups is 1. The zero-order chi connectivity index (χ0) is 21.8. The summed E-state index contributed by atoms with van der Waals surface area (Å²) in [5.74, 6) is 2.28. The minimum Gasteiger partial charge on any atom is -0.461 e. The van der Waals surface area contributed by atoms with E-state index >= 15 is 0 Å². The lowest BCUT2D eigenvalue weighted by Crippen LogP contribution is -2.38. The van der Waals surface area contributed by atoms with Crippen molar-refractivity contribution in [3.05, 3.63) is 54.4 Å². The van der Waals surface area contributed by atoms with Gasteiger partial charge in [-0.2, -0.15) is 4.98 Å². The van der Waals surface area contributed by atoms with E-state index < -0.39 is 0 Å². The van der Waals surface area contributed by atoms with E-state index in [0.29, 0.717) is 35.6 Å². The quantitative estimate of drug-likeness (QED) is 0.370. The van der Waals surface area contributed by atoms with Crippen LogP contribution in [0.25, 0.3) is 23.0 Å². The van der Waals surface area contributed by atoms with Crippen molar-refractivity contribution in [3.63, 3.8) is 0 Å². The molecule has 32 heavy (non-hydrogen) atoms. The number of nitrogens with zero attached hydrogens (tertiary/aromatic N) is 6. The first-order valence-electron chi connectivity index (χ1n) is 10.2. The molecule has 0 unspecified atom stereocenters. The fourth-order valence-electron chi connectivity index (χ4n) is 3.42. The minimum atomic E-state index is -0.286. The van der Waals surface area contributed by atoms with Crippen LogP contribution >= 0.6 is 11.8 Å². The first-order chi connectivity index (χ1) is 15.8. The minimum absolute atomic E-state index is 0.286. The summed E-state index contributed by atoms with van der Waals surface area (Å²) in [5.41, 5.74) is 0.811. The molecule has 0 amide bonds. The van der Waals surface area contributed by atoms with Crippen LogP contribution in [0, 0.1) is 5.82 Å². The van der Waals surface area contributed by atoms with Gasteiger partial charge in [-0.15, -0.1) is 10.2 Å². The molecule has 4 aromatic rings. The molecule has 0 atom stereocenters. The molecule has 0 spiro atoms. The topological polar surface area (TPSA) is 95.2 Å². The number of ether oxygens (including phenoxy) is 1. The predicted molar refractivity (Wildman–Crippen MR) is 114 cm³/mol. The lowest BCUT2D eigenvalue weighted by atomic mass is 10.2. The van der Waals surface area contributed by atoms with Crippen LogP contribution in [0.4, 0.5) is 4.39 Å². The second kappa shape index (κ2) is 9.63. The Balaban J connectivity index is 1.34. The fourth-order valence-corrected chi connectivity index (χ4v) is 4.22. The molecule has 0 saturated carbocycles. The number of rotatable bonds is 8. The van der Waals surface area contributed by atoms with E-state index in [1.165, 1.54) is 23.9 Å². The number of halogens is 1. The van der Waals surface area contributed by atoms with Gasteiger partial charge in [-0.3, -0.25) is 4.90 Å². The maximum atomic E-state index is 13.4. The molecule has 0 radical (unpaired) electrons. The van der Waals surface area contributed by atoms with Gasteiger partial charge in [0.25, 0.3) is 0 Å². The molecule has 4 heterocycles. The monoisotopic (exact) mass is 456 g/mol. The number of morpholine rings is 1. The van der Waals surface area contributed by atoms with Crippen LogP contribution < -0.4 is 0 Å².